The van der Waals surface area contributed by atoms with Gasteiger partial charge in [-0.3, -0.25) is 4.79 Å². The second-order valence-corrected chi connectivity index (χ2v) is 8.27. The van der Waals surface area contributed by atoms with Gasteiger partial charge in [-0.25, -0.2) is 5.10 Å². The minimum absolute atomic E-state index is 0.234. The Morgan fingerprint density at radius 3 is 1.95 bits per heavy atom. The molecule has 0 bridgehead atoms. The minimum atomic E-state index is -0.263. The van der Waals surface area contributed by atoms with Crippen molar-refractivity contribution in [3.8, 4) is 16.7 Å². The molecule has 5 nitrogen and oxygen atoms in total. The lowest BCUT2D eigenvalue weighted by Gasteiger charge is -2.27. The Morgan fingerprint density at radius 2 is 1.59 bits per heavy atom. The zero-order chi connectivity index (χ0) is 16.7. The topological polar surface area (TPSA) is 75.2 Å². The largest absolute Gasteiger partial charge is 0.507 e. The van der Waals surface area contributed by atoms with E-state index in [4.69, 9.17) is 4.74 Å². The fourth-order valence-electron chi connectivity index (χ4n) is 2.17. The number of aromatic hydroxyl groups is 1. The van der Waals surface area contributed by atoms with Crippen LogP contribution >= 0.6 is 11.3 Å². The Morgan fingerprint density at radius 1 is 1.09 bits per heavy atom. The Hall–Kier alpha value is -1.82. The van der Waals surface area contributed by atoms with Crippen LogP contribution in [0, 0.1) is 0 Å². The number of benzene rings is 1. The summed E-state index contributed by atoms with van der Waals surface area (Å²) < 4.78 is 5.69. The molecular weight excluding hydrogens is 300 g/mol. The molecular formula is C16H22N2O3S. The first-order chi connectivity index (χ1) is 9.98. The highest BCUT2D eigenvalue weighted by Crippen LogP contribution is 2.42. The van der Waals surface area contributed by atoms with Gasteiger partial charge in [0.1, 0.15) is 11.5 Å². The van der Waals surface area contributed by atoms with E-state index < -0.39 is 0 Å². The Kier molecular flexibility index (Phi) is 4.08. The van der Waals surface area contributed by atoms with E-state index in [1.54, 1.807) is 12.1 Å². The summed E-state index contributed by atoms with van der Waals surface area (Å²) in [4.78, 5) is 10.9. The van der Waals surface area contributed by atoms with Crippen LogP contribution in [0.25, 0.3) is 0 Å². The van der Waals surface area contributed by atoms with E-state index in [2.05, 4.69) is 10.2 Å². The Balaban J connectivity index is 2.57. The van der Waals surface area contributed by atoms with Gasteiger partial charge in [0.05, 0.1) is 0 Å². The van der Waals surface area contributed by atoms with Crippen molar-refractivity contribution in [2.75, 3.05) is 0 Å². The molecule has 0 radical (unpaired) electrons. The van der Waals surface area contributed by atoms with Crippen LogP contribution in [0.1, 0.15) is 52.7 Å². The SMILES string of the molecule is CC(C)(C)c1cc(Oc2n[nH]c(=O)s2)cc(C(C)(C)C)c1O. The molecule has 0 saturated carbocycles. The lowest BCUT2D eigenvalue weighted by molar-refractivity contribution is 0.414. The Labute approximate surface area is 134 Å². The fourth-order valence-corrected chi connectivity index (χ4v) is 2.65. The van der Waals surface area contributed by atoms with Crippen molar-refractivity contribution in [1.29, 1.82) is 0 Å². The molecule has 22 heavy (non-hydrogen) atoms. The maximum atomic E-state index is 11.2. The number of aromatic nitrogens is 2. The smallest absolute Gasteiger partial charge is 0.325 e. The summed E-state index contributed by atoms with van der Waals surface area (Å²) >= 11 is 0.907. The first kappa shape index (κ1) is 16.5. The van der Waals surface area contributed by atoms with E-state index in [0.29, 0.717) is 11.5 Å². The predicted octanol–water partition coefficient (Wildman–Crippen LogP) is 3.92. The molecule has 2 aromatic rings. The third-order valence-electron chi connectivity index (χ3n) is 3.32. The summed E-state index contributed by atoms with van der Waals surface area (Å²) in [6, 6.07) is 3.60. The monoisotopic (exact) mass is 322 g/mol. The number of hydrogen-bond donors (Lipinski definition) is 2. The zero-order valence-electron chi connectivity index (χ0n) is 13.8. The van der Waals surface area contributed by atoms with Crippen LogP contribution in [-0.4, -0.2) is 15.3 Å². The number of nitrogens with zero attached hydrogens (tertiary/aromatic N) is 1. The van der Waals surface area contributed by atoms with E-state index in [-0.39, 0.29) is 20.9 Å². The van der Waals surface area contributed by atoms with Crippen molar-refractivity contribution in [1.82, 2.24) is 10.2 Å². The second-order valence-electron chi connectivity index (χ2n) is 7.35. The van der Waals surface area contributed by atoms with Gasteiger partial charge in [0.25, 0.3) is 0 Å². The number of phenolic OH excluding ortho intramolecular Hbond substituents is 1. The summed E-state index contributed by atoms with van der Waals surface area (Å²) in [7, 11) is 0. The summed E-state index contributed by atoms with van der Waals surface area (Å²) in [6.07, 6.45) is 0. The molecule has 120 valence electrons. The number of ether oxygens (including phenoxy) is 1. The molecule has 0 amide bonds. The number of aromatic amines is 1. The minimum Gasteiger partial charge on any atom is -0.507 e. The van der Waals surface area contributed by atoms with Gasteiger partial charge in [0.15, 0.2) is 0 Å². The zero-order valence-corrected chi connectivity index (χ0v) is 14.6. The molecule has 1 aromatic heterocycles. The van der Waals surface area contributed by atoms with Crippen molar-refractivity contribution in [3.05, 3.63) is 32.9 Å². The maximum absolute atomic E-state index is 11.2. The molecule has 0 atom stereocenters. The first-order valence-corrected chi connectivity index (χ1v) is 7.91. The quantitative estimate of drug-likeness (QED) is 0.878. The molecule has 6 heteroatoms. The summed E-state index contributed by atoms with van der Waals surface area (Å²) in [5.74, 6) is 0.859. The lowest BCUT2D eigenvalue weighted by Crippen LogP contribution is -2.17. The number of rotatable bonds is 2. The second kappa shape index (κ2) is 5.43. The molecule has 0 aliphatic carbocycles. The highest BCUT2D eigenvalue weighted by atomic mass is 32.1. The molecule has 0 unspecified atom stereocenters. The van der Waals surface area contributed by atoms with Crippen LogP contribution in [0.2, 0.25) is 0 Å². The molecule has 0 aliphatic heterocycles. The molecule has 0 saturated heterocycles. The summed E-state index contributed by atoms with van der Waals surface area (Å²) in [6.45, 7) is 12.2. The van der Waals surface area contributed by atoms with Gasteiger partial charge in [-0.1, -0.05) is 41.5 Å². The highest BCUT2D eigenvalue weighted by Gasteiger charge is 2.27. The number of H-pyrrole nitrogens is 1. The maximum Gasteiger partial charge on any atom is 0.325 e. The van der Waals surface area contributed by atoms with Crippen LogP contribution in [0.5, 0.6) is 16.7 Å². The van der Waals surface area contributed by atoms with Gasteiger partial charge in [-0.05, 0) is 34.3 Å². The molecule has 0 aliphatic rings. The Bertz CT molecular complexity index is 698. The van der Waals surface area contributed by atoms with E-state index >= 15 is 0 Å². The molecule has 2 N–H and O–H groups in total. The van der Waals surface area contributed by atoms with Gasteiger partial charge in [-0.2, -0.15) is 0 Å². The standard InChI is InChI=1S/C16H22N2O3S/c1-15(2,3)10-7-9(21-14-18-17-13(20)22-14)8-11(12(10)19)16(4,5)6/h7-8,19H,1-6H3,(H,17,20). The average Bonchev–Trinajstić information content (AvgIpc) is 2.74. The third-order valence-corrected chi connectivity index (χ3v) is 3.95. The first-order valence-electron chi connectivity index (χ1n) is 7.10. The van der Waals surface area contributed by atoms with Crippen molar-refractivity contribution in [3.63, 3.8) is 0 Å². The lowest BCUT2D eigenvalue weighted by atomic mass is 9.79. The fraction of sp³-hybridized carbons (Fsp3) is 0.500. The summed E-state index contributed by atoms with van der Waals surface area (Å²) in [5.41, 5.74) is 1.14. The third kappa shape index (κ3) is 3.50. The van der Waals surface area contributed by atoms with E-state index in [9.17, 15) is 9.90 Å². The molecule has 2 rings (SSSR count). The normalized spacial score (nSPS) is 12.5. The van der Waals surface area contributed by atoms with E-state index in [0.717, 1.165) is 22.5 Å². The van der Waals surface area contributed by atoms with Crippen LogP contribution in [-0.2, 0) is 10.8 Å². The number of hydrogen-bond acceptors (Lipinski definition) is 5. The van der Waals surface area contributed by atoms with Crippen LogP contribution in [0.15, 0.2) is 16.9 Å². The molecule has 0 spiro atoms. The van der Waals surface area contributed by atoms with Gasteiger partial charge in [-0.15, -0.1) is 5.10 Å². The van der Waals surface area contributed by atoms with Crippen LogP contribution in [0.3, 0.4) is 0 Å². The van der Waals surface area contributed by atoms with Crippen molar-refractivity contribution >= 4 is 11.3 Å². The molecule has 0 fully saturated rings. The average molecular weight is 322 g/mol. The molecule has 1 aromatic carbocycles. The number of nitrogens with one attached hydrogen (secondary N) is 1. The number of phenols is 1. The predicted molar refractivity (Wildman–Crippen MR) is 88.3 cm³/mol. The van der Waals surface area contributed by atoms with E-state index in [1.165, 1.54) is 0 Å². The van der Waals surface area contributed by atoms with Gasteiger partial charge in [0.2, 0.25) is 0 Å². The van der Waals surface area contributed by atoms with Crippen molar-refractivity contribution in [2.24, 2.45) is 0 Å². The van der Waals surface area contributed by atoms with Crippen LogP contribution < -0.4 is 9.61 Å². The van der Waals surface area contributed by atoms with Gasteiger partial charge < -0.3 is 9.84 Å². The molecule has 1 heterocycles. The van der Waals surface area contributed by atoms with Gasteiger partial charge >= 0.3 is 10.1 Å². The summed E-state index contributed by atoms with van der Waals surface area (Å²) in [5, 5.41) is 17.0. The van der Waals surface area contributed by atoms with Crippen molar-refractivity contribution in [2.45, 2.75) is 52.4 Å². The van der Waals surface area contributed by atoms with E-state index in [1.807, 2.05) is 41.5 Å². The van der Waals surface area contributed by atoms with Crippen LogP contribution in [0.4, 0.5) is 0 Å². The highest BCUT2D eigenvalue weighted by molar-refractivity contribution is 7.10. The van der Waals surface area contributed by atoms with Crippen molar-refractivity contribution < 1.29 is 9.84 Å². The van der Waals surface area contributed by atoms with Gasteiger partial charge in [0, 0.05) is 11.1 Å².